The van der Waals surface area contributed by atoms with Crippen LogP contribution in [0, 0.1) is 0 Å². The van der Waals surface area contributed by atoms with E-state index in [9.17, 15) is 14.4 Å². The number of imide groups is 1. The van der Waals surface area contributed by atoms with Crippen molar-refractivity contribution in [1.29, 1.82) is 0 Å². The average molecular weight is 444 g/mol. The van der Waals surface area contributed by atoms with Crippen LogP contribution < -0.4 is 10.6 Å². The van der Waals surface area contributed by atoms with Gasteiger partial charge in [0.2, 0.25) is 5.91 Å². The lowest BCUT2D eigenvalue weighted by Crippen LogP contribution is -2.52. The molecule has 2 aliphatic rings. The van der Waals surface area contributed by atoms with Crippen LogP contribution in [0.25, 0.3) is 0 Å². The molecule has 2 saturated carbocycles. The summed E-state index contributed by atoms with van der Waals surface area (Å²) in [4.78, 5) is 39.4. The van der Waals surface area contributed by atoms with Crippen molar-refractivity contribution in [3.05, 3.63) is 35.9 Å². The van der Waals surface area contributed by atoms with E-state index in [0.29, 0.717) is 13.0 Å². The zero-order valence-electron chi connectivity index (χ0n) is 19.0. The topological polar surface area (TPSA) is 87.7 Å². The molecule has 0 heterocycles. The number of rotatable bonds is 8. The number of hydrogen-bond donors (Lipinski definition) is 2. The molecule has 2 N–H and O–H groups in total. The smallest absolute Gasteiger partial charge is 0.407 e. The first-order valence-electron chi connectivity index (χ1n) is 12.2. The zero-order valence-corrected chi connectivity index (χ0v) is 19.0. The standard InChI is InChI=1S/C25H37N3O4/c29-23(17-10-18-26-25(31)32-19-20-11-4-1-5-12-20)28(22-15-8-3-9-16-22)24(30)27-21-13-6-2-7-14-21/h1,4-5,11-12,21-22H,2-3,6-10,13-19H2,(H,26,31)(H,27,30). The van der Waals surface area contributed by atoms with Gasteiger partial charge in [0.15, 0.2) is 0 Å². The van der Waals surface area contributed by atoms with E-state index in [-0.39, 0.29) is 37.0 Å². The van der Waals surface area contributed by atoms with Crippen molar-refractivity contribution in [2.24, 2.45) is 0 Å². The van der Waals surface area contributed by atoms with Gasteiger partial charge < -0.3 is 15.4 Å². The van der Waals surface area contributed by atoms with Gasteiger partial charge in [0, 0.05) is 25.0 Å². The largest absolute Gasteiger partial charge is 0.445 e. The Morgan fingerprint density at radius 3 is 2.25 bits per heavy atom. The number of ether oxygens (including phenoxy) is 1. The second-order valence-corrected chi connectivity index (χ2v) is 8.93. The van der Waals surface area contributed by atoms with Crippen LogP contribution in [0.2, 0.25) is 0 Å². The van der Waals surface area contributed by atoms with Crippen molar-refractivity contribution in [1.82, 2.24) is 15.5 Å². The first kappa shape index (κ1) is 24.1. The Bertz CT molecular complexity index is 728. The molecule has 3 rings (SSSR count). The highest BCUT2D eigenvalue weighted by Crippen LogP contribution is 2.24. The van der Waals surface area contributed by atoms with E-state index in [1.165, 1.54) is 11.3 Å². The fourth-order valence-electron chi connectivity index (χ4n) is 4.64. The molecule has 4 amide bonds. The predicted molar refractivity (Wildman–Crippen MR) is 123 cm³/mol. The second-order valence-electron chi connectivity index (χ2n) is 8.93. The third-order valence-corrected chi connectivity index (χ3v) is 6.41. The van der Waals surface area contributed by atoms with Gasteiger partial charge in [0.25, 0.3) is 0 Å². The van der Waals surface area contributed by atoms with Crippen molar-refractivity contribution >= 4 is 18.0 Å². The molecule has 0 aromatic heterocycles. The van der Waals surface area contributed by atoms with E-state index < -0.39 is 6.09 Å². The Balaban J connectivity index is 1.43. The number of alkyl carbamates (subject to hydrolysis) is 1. The monoisotopic (exact) mass is 443 g/mol. The Kier molecular flexibility index (Phi) is 9.85. The molecule has 7 nitrogen and oxygen atoms in total. The number of carbonyl (C=O) groups excluding carboxylic acids is 3. The van der Waals surface area contributed by atoms with Gasteiger partial charge in [-0.2, -0.15) is 0 Å². The molecule has 1 aromatic carbocycles. The lowest BCUT2D eigenvalue weighted by Gasteiger charge is -2.34. The third-order valence-electron chi connectivity index (χ3n) is 6.41. The number of carbonyl (C=O) groups is 3. The van der Waals surface area contributed by atoms with Gasteiger partial charge >= 0.3 is 12.1 Å². The lowest BCUT2D eigenvalue weighted by atomic mass is 9.93. The van der Waals surface area contributed by atoms with Gasteiger partial charge in [-0.05, 0) is 37.7 Å². The summed E-state index contributed by atoms with van der Waals surface area (Å²) in [6.07, 6.45) is 10.7. The molecule has 0 unspecified atom stereocenters. The average Bonchev–Trinajstić information content (AvgIpc) is 2.82. The highest BCUT2D eigenvalue weighted by Gasteiger charge is 2.31. The molecule has 2 fully saturated rings. The van der Waals surface area contributed by atoms with E-state index >= 15 is 0 Å². The van der Waals surface area contributed by atoms with Crippen molar-refractivity contribution in [3.8, 4) is 0 Å². The third kappa shape index (κ3) is 7.84. The summed E-state index contributed by atoms with van der Waals surface area (Å²) in [7, 11) is 0. The first-order valence-corrected chi connectivity index (χ1v) is 12.2. The van der Waals surface area contributed by atoms with Crippen LogP contribution in [0.3, 0.4) is 0 Å². The van der Waals surface area contributed by atoms with Crippen LogP contribution >= 0.6 is 0 Å². The molecule has 0 atom stereocenters. The second kappa shape index (κ2) is 13.1. The minimum atomic E-state index is -0.500. The van der Waals surface area contributed by atoms with Crippen LogP contribution in [0.4, 0.5) is 9.59 Å². The van der Waals surface area contributed by atoms with Crippen molar-refractivity contribution < 1.29 is 19.1 Å². The van der Waals surface area contributed by atoms with Crippen LogP contribution in [-0.4, -0.2) is 41.6 Å². The molecule has 7 heteroatoms. The number of hydrogen-bond acceptors (Lipinski definition) is 4. The number of nitrogens with zero attached hydrogens (tertiary/aromatic N) is 1. The first-order chi connectivity index (χ1) is 15.6. The van der Waals surface area contributed by atoms with Crippen molar-refractivity contribution in [2.75, 3.05) is 6.54 Å². The molecule has 0 aliphatic heterocycles. The number of amides is 4. The van der Waals surface area contributed by atoms with E-state index in [2.05, 4.69) is 10.6 Å². The lowest BCUT2D eigenvalue weighted by molar-refractivity contribution is -0.130. The summed E-state index contributed by atoms with van der Waals surface area (Å²) in [5.41, 5.74) is 0.921. The SMILES string of the molecule is O=C(NCCCC(=O)N(C(=O)NC1CCCCC1)C1CCCCC1)OCc1ccccc1. The van der Waals surface area contributed by atoms with Crippen LogP contribution in [-0.2, 0) is 16.1 Å². The highest BCUT2D eigenvalue weighted by molar-refractivity contribution is 5.95. The van der Waals surface area contributed by atoms with E-state index in [0.717, 1.165) is 63.4 Å². The van der Waals surface area contributed by atoms with E-state index in [4.69, 9.17) is 4.74 Å². The van der Waals surface area contributed by atoms with Gasteiger partial charge in [-0.15, -0.1) is 0 Å². The van der Waals surface area contributed by atoms with Gasteiger partial charge in [-0.1, -0.05) is 68.9 Å². The van der Waals surface area contributed by atoms with E-state index in [1.54, 1.807) is 0 Å². The summed E-state index contributed by atoms with van der Waals surface area (Å²) in [5, 5.41) is 5.80. The van der Waals surface area contributed by atoms with Crippen LogP contribution in [0.1, 0.15) is 82.6 Å². The predicted octanol–water partition coefficient (Wildman–Crippen LogP) is 4.90. The van der Waals surface area contributed by atoms with Gasteiger partial charge in [0.1, 0.15) is 6.61 Å². The molecular weight excluding hydrogens is 406 g/mol. The molecule has 2 aliphatic carbocycles. The summed E-state index contributed by atoms with van der Waals surface area (Å²) in [5.74, 6) is -0.148. The molecule has 0 spiro atoms. The Hall–Kier alpha value is -2.57. The molecule has 0 bridgehead atoms. The Morgan fingerprint density at radius 2 is 1.56 bits per heavy atom. The molecule has 176 valence electrons. The Morgan fingerprint density at radius 1 is 0.906 bits per heavy atom. The fourth-order valence-corrected chi connectivity index (χ4v) is 4.64. The number of nitrogens with one attached hydrogen (secondary N) is 2. The summed E-state index contributed by atoms with van der Waals surface area (Å²) in [6, 6.07) is 9.42. The normalized spacial score (nSPS) is 17.4. The summed E-state index contributed by atoms with van der Waals surface area (Å²) >= 11 is 0. The van der Waals surface area contributed by atoms with Crippen LogP contribution in [0.15, 0.2) is 30.3 Å². The minimum Gasteiger partial charge on any atom is -0.445 e. The summed E-state index contributed by atoms with van der Waals surface area (Å²) in [6.45, 7) is 0.546. The highest BCUT2D eigenvalue weighted by atomic mass is 16.5. The molecule has 1 aromatic rings. The maximum absolute atomic E-state index is 13.0. The molecular formula is C25H37N3O4. The van der Waals surface area contributed by atoms with Crippen molar-refractivity contribution in [3.63, 3.8) is 0 Å². The quantitative estimate of drug-likeness (QED) is 0.560. The fraction of sp³-hybridized carbons (Fsp3) is 0.640. The molecule has 32 heavy (non-hydrogen) atoms. The zero-order chi connectivity index (χ0) is 22.6. The molecule has 0 saturated heterocycles. The van der Waals surface area contributed by atoms with E-state index in [1.807, 2.05) is 30.3 Å². The van der Waals surface area contributed by atoms with Gasteiger partial charge in [-0.25, -0.2) is 9.59 Å². The number of urea groups is 1. The number of benzene rings is 1. The minimum absolute atomic E-state index is 0.0105. The van der Waals surface area contributed by atoms with Crippen molar-refractivity contribution in [2.45, 2.75) is 95.7 Å². The summed E-state index contributed by atoms with van der Waals surface area (Å²) < 4.78 is 5.19. The Labute approximate surface area is 191 Å². The van der Waals surface area contributed by atoms with Gasteiger partial charge in [0.05, 0.1) is 0 Å². The van der Waals surface area contributed by atoms with Crippen LogP contribution in [0.5, 0.6) is 0 Å². The molecule has 0 radical (unpaired) electrons. The van der Waals surface area contributed by atoms with Gasteiger partial charge in [-0.3, -0.25) is 9.69 Å². The maximum Gasteiger partial charge on any atom is 0.407 e. The maximum atomic E-state index is 13.0.